The molecule has 2 aromatic rings. The van der Waals surface area contributed by atoms with Gasteiger partial charge in [-0.1, -0.05) is 17.3 Å². The normalized spacial score (nSPS) is 16.8. The molecule has 142 valence electrons. The van der Waals surface area contributed by atoms with Crippen LogP contribution in [-0.2, 0) is 4.74 Å². The maximum atomic E-state index is 12.9. The number of amides is 1. The third kappa shape index (κ3) is 3.64. The first-order chi connectivity index (χ1) is 12.9. The summed E-state index contributed by atoms with van der Waals surface area (Å²) in [5.74, 6) is -0.969. The van der Waals surface area contributed by atoms with Gasteiger partial charge in [-0.2, -0.15) is 0 Å². The van der Waals surface area contributed by atoms with Crippen molar-refractivity contribution in [2.45, 2.75) is 25.8 Å². The van der Waals surface area contributed by atoms with E-state index < -0.39 is 10.9 Å². The molecule has 0 bridgehead atoms. The molecule has 2 heterocycles. The summed E-state index contributed by atoms with van der Waals surface area (Å²) in [7, 11) is 1.26. The van der Waals surface area contributed by atoms with Gasteiger partial charge in [0.05, 0.1) is 24.3 Å². The van der Waals surface area contributed by atoms with Gasteiger partial charge in [0.1, 0.15) is 5.56 Å². The number of piperidine rings is 1. The maximum Gasteiger partial charge on any atom is 0.360 e. The molecule has 0 aliphatic carbocycles. The summed E-state index contributed by atoms with van der Waals surface area (Å²) in [5.41, 5.74) is 0.446. The van der Waals surface area contributed by atoms with Crippen molar-refractivity contribution >= 4 is 17.6 Å². The zero-order valence-electron chi connectivity index (χ0n) is 15.0. The van der Waals surface area contributed by atoms with E-state index >= 15 is 0 Å². The van der Waals surface area contributed by atoms with Crippen LogP contribution in [0.5, 0.6) is 0 Å². The number of carbonyl (C=O) groups is 2. The molecule has 1 fully saturated rings. The Morgan fingerprint density at radius 3 is 2.85 bits per heavy atom. The number of rotatable bonds is 4. The van der Waals surface area contributed by atoms with Crippen LogP contribution in [0.1, 0.15) is 45.3 Å². The number of nitro groups is 1. The topological polar surface area (TPSA) is 120 Å². The molecular formula is C17H19N5O5. The van der Waals surface area contributed by atoms with Crippen molar-refractivity contribution in [3.63, 3.8) is 0 Å². The summed E-state index contributed by atoms with van der Waals surface area (Å²) >= 11 is 0. The Balaban J connectivity index is 1.82. The largest absolute Gasteiger partial charge is 0.464 e. The number of esters is 1. The number of ether oxygens (including phenoxy) is 1. The fourth-order valence-corrected chi connectivity index (χ4v) is 3.25. The van der Waals surface area contributed by atoms with E-state index in [0.717, 1.165) is 6.42 Å². The van der Waals surface area contributed by atoms with E-state index in [0.29, 0.717) is 25.1 Å². The van der Waals surface area contributed by atoms with E-state index in [9.17, 15) is 19.7 Å². The standard InChI is InChI=1S/C17H19N5O5/c1-11-5-3-7-13(15(11)22(25)26)16(23)20-8-4-6-12(9-20)21-10-14(18-19-21)17(24)27-2/h3,5,7,10,12H,4,6,8-9H2,1-2H3. The highest BCUT2D eigenvalue weighted by Crippen LogP contribution is 2.27. The highest BCUT2D eigenvalue weighted by molar-refractivity contribution is 5.98. The summed E-state index contributed by atoms with van der Waals surface area (Å²) in [6, 6.07) is 4.55. The van der Waals surface area contributed by atoms with Crippen LogP contribution in [0.25, 0.3) is 0 Å². The summed E-state index contributed by atoms with van der Waals surface area (Å²) in [6.07, 6.45) is 2.95. The van der Waals surface area contributed by atoms with Gasteiger partial charge >= 0.3 is 5.97 Å². The summed E-state index contributed by atoms with van der Waals surface area (Å²) in [4.78, 5) is 36.9. The van der Waals surface area contributed by atoms with Gasteiger partial charge in [0.25, 0.3) is 11.6 Å². The highest BCUT2D eigenvalue weighted by atomic mass is 16.6. The molecule has 27 heavy (non-hydrogen) atoms. The van der Waals surface area contributed by atoms with E-state index in [1.54, 1.807) is 24.0 Å². The van der Waals surface area contributed by atoms with Crippen LogP contribution >= 0.6 is 0 Å². The van der Waals surface area contributed by atoms with Crippen molar-refractivity contribution in [3.8, 4) is 0 Å². The Hall–Kier alpha value is -3.30. The van der Waals surface area contributed by atoms with E-state index in [1.165, 1.54) is 24.1 Å². The molecule has 1 unspecified atom stereocenters. The van der Waals surface area contributed by atoms with E-state index in [1.807, 2.05) is 0 Å². The number of hydrogen-bond donors (Lipinski definition) is 0. The third-order valence-electron chi connectivity index (χ3n) is 4.61. The van der Waals surface area contributed by atoms with Crippen molar-refractivity contribution < 1.29 is 19.2 Å². The molecule has 10 nitrogen and oxygen atoms in total. The molecule has 1 aliphatic rings. The zero-order valence-corrected chi connectivity index (χ0v) is 15.0. The van der Waals surface area contributed by atoms with Gasteiger partial charge in [-0.3, -0.25) is 14.9 Å². The van der Waals surface area contributed by atoms with Crippen molar-refractivity contribution in [3.05, 3.63) is 51.3 Å². The Bertz CT molecular complexity index is 894. The molecular weight excluding hydrogens is 354 g/mol. The predicted molar refractivity (Wildman–Crippen MR) is 93.4 cm³/mol. The molecule has 3 rings (SSSR count). The number of likely N-dealkylation sites (tertiary alicyclic amines) is 1. The Morgan fingerprint density at radius 2 is 2.15 bits per heavy atom. The van der Waals surface area contributed by atoms with Crippen molar-refractivity contribution in [1.29, 1.82) is 0 Å². The fourth-order valence-electron chi connectivity index (χ4n) is 3.25. The van der Waals surface area contributed by atoms with Crippen molar-refractivity contribution in [2.75, 3.05) is 20.2 Å². The minimum Gasteiger partial charge on any atom is -0.464 e. The van der Waals surface area contributed by atoms with E-state index in [4.69, 9.17) is 0 Å². The number of aromatic nitrogens is 3. The van der Waals surface area contributed by atoms with E-state index in [2.05, 4.69) is 15.0 Å². The van der Waals surface area contributed by atoms with Gasteiger partial charge in [0.2, 0.25) is 0 Å². The molecule has 10 heteroatoms. The second-order valence-corrected chi connectivity index (χ2v) is 6.35. The number of methoxy groups -OCH3 is 1. The lowest BCUT2D eigenvalue weighted by Crippen LogP contribution is -2.41. The third-order valence-corrected chi connectivity index (χ3v) is 4.61. The summed E-state index contributed by atoms with van der Waals surface area (Å²) in [6.45, 7) is 2.44. The lowest BCUT2D eigenvalue weighted by molar-refractivity contribution is -0.385. The molecule has 1 aromatic carbocycles. The van der Waals surface area contributed by atoms with Crippen LogP contribution in [0.3, 0.4) is 0 Å². The quantitative estimate of drug-likeness (QED) is 0.455. The highest BCUT2D eigenvalue weighted by Gasteiger charge is 2.31. The second kappa shape index (κ2) is 7.52. The molecule has 1 aromatic heterocycles. The summed E-state index contributed by atoms with van der Waals surface area (Å²) in [5, 5.41) is 19.1. The van der Waals surface area contributed by atoms with Crippen LogP contribution in [0.4, 0.5) is 5.69 Å². The van der Waals surface area contributed by atoms with Gasteiger partial charge in [-0.15, -0.1) is 5.10 Å². The number of carbonyl (C=O) groups excluding carboxylic acids is 2. The lowest BCUT2D eigenvalue weighted by Gasteiger charge is -2.32. The molecule has 1 aliphatic heterocycles. The minimum absolute atomic E-state index is 0.0782. The Morgan fingerprint density at radius 1 is 1.37 bits per heavy atom. The number of benzene rings is 1. The number of nitrogens with zero attached hydrogens (tertiary/aromatic N) is 5. The smallest absolute Gasteiger partial charge is 0.360 e. The van der Waals surface area contributed by atoms with Crippen LogP contribution in [-0.4, -0.2) is 56.9 Å². The lowest BCUT2D eigenvalue weighted by atomic mass is 10.0. The van der Waals surface area contributed by atoms with E-state index in [-0.39, 0.29) is 28.9 Å². The first-order valence-electron chi connectivity index (χ1n) is 8.45. The number of para-hydroxylation sites is 1. The molecule has 1 atom stereocenters. The number of nitro benzene ring substituents is 1. The first-order valence-corrected chi connectivity index (χ1v) is 8.45. The van der Waals surface area contributed by atoms with Crippen LogP contribution < -0.4 is 0 Å². The minimum atomic E-state index is -0.583. The average Bonchev–Trinajstić information content (AvgIpc) is 3.16. The van der Waals surface area contributed by atoms with Crippen molar-refractivity contribution in [2.24, 2.45) is 0 Å². The predicted octanol–water partition coefficient (Wildman–Crippen LogP) is 1.76. The first kappa shape index (κ1) is 18.5. The average molecular weight is 373 g/mol. The number of aryl methyl sites for hydroxylation is 1. The zero-order chi connectivity index (χ0) is 19.6. The molecule has 0 saturated carbocycles. The fraction of sp³-hybridized carbons (Fsp3) is 0.412. The second-order valence-electron chi connectivity index (χ2n) is 6.35. The molecule has 0 radical (unpaired) electrons. The van der Waals surface area contributed by atoms with Crippen LogP contribution in [0, 0.1) is 17.0 Å². The van der Waals surface area contributed by atoms with Gasteiger partial charge in [0, 0.05) is 18.7 Å². The van der Waals surface area contributed by atoms with Crippen LogP contribution in [0.15, 0.2) is 24.4 Å². The molecule has 0 N–H and O–H groups in total. The van der Waals surface area contributed by atoms with Gasteiger partial charge in [-0.05, 0) is 25.8 Å². The van der Waals surface area contributed by atoms with Gasteiger partial charge in [0.15, 0.2) is 5.69 Å². The summed E-state index contributed by atoms with van der Waals surface area (Å²) < 4.78 is 6.16. The SMILES string of the molecule is COC(=O)c1cn(C2CCCN(C(=O)c3cccc(C)c3[N+](=O)[O-])C2)nn1. The van der Waals surface area contributed by atoms with Crippen LogP contribution in [0.2, 0.25) is 0 Å². The van der Waals surface area contributed by atoms with Gasteiger partial charge < -0.3 is 9.64 Å². The monoisotopic (exact) mass is 373 g/mol. The molecule has 1 saturated heterocycles. The maximum absolute atomic E-state index is 12.9. The Kier molecular flexibility index (Phi) is 5.15. The Labute approximate surface area is 154 Å². The number of hydrogen-bond acceptors (Lipinski definition) is 7. The molecule has 1 amide bonds. The van der Waals surface area contributed by atoms with Crippen molar-refractivity contribution in [1.82, 2.24) is 19.9 Å². The molecule has 0 spiro atoms. The van der Waals surface area contributed by atoms with Gasteiger partial charge in [-0.25, -0.2) is 9.48 Å².